The zero-order chi connectivity index (χ0) is 17.6. The molecular formula is C17H24N4O3S. The van der Waals surface area contributed by atoms with E-state index in [1.54, 1.807) is 16.7 Å². The quantitative estimate of drug-likeness (QED) is 0.781. The molecule has 0 aromatic carbocycles. The molecule has 2 saturated heterocycles. The van der Waals surface area contributed by atoms with Gasteiger partial charge in [-0.2, -0.15) is 0 Å². The Bertz CT molecular complexity index is 664. The summed E-state index contributed by atoms with van der Waals surface area (Å²) in [7, 11) is 0. The minimum absolute atomic E-state index is 0.0383. The summed E-state index contributed by atoms with van der Waals surface area (Å²) in [6, 6.07) is 0. The largest absolute Gasteiger partial charge is 0.481 e. The number of carbonyl (C=O) groups excluding carboxylic acids is 1. The fourth-order valence-electron chi connectivity index (χ4n) is 4.53. The van der Waals surface area contributed by atoms with Crippen LogP contribution in [-0.4, -0.2) is 82.7 Å². The number of amidine groups is 1. The number of carbonyl (C=O) groups is 2. The van der Waals surface area contributed by atoms with Crippen LogP contribution < -0.4 is 0 Å². The molecule has 7 nitrogen and oxygen atoms in total. The van der Waals surface area contributed by atoms with E-state index in [1.807, 2.05) is 5.41 Å². The van der Waals surface area contributed by atoms with Gasteiger partial charge in [0.15, 0.2) is 5.17 Å². The van der Waals surface area contributed by atoms with Crippen LogP contribution in [0.2, 0.25) is 0 Å². The van der Waals surface area contributed by atoms with E-state index in [4.69, 9.17) is 0 Å². The molecule has 8 heteroatoms. The molecule has 0 saturated carbocycles. The number of likely N-dealkylation sites (tertiary alicyclic amines) is 2. The van der Waals surface area contributed by atoms with Crippen molar-refractivity contribution in [2.24, 2.45) is 16.3 Å². The zero-order valence-electron chi connectivity index (χ0n) is 14.5. The van der Waals surface area contributed by atoms with Gasteiger partial charge in [-0.05, 0) is 18.4 Å². The van der Waals surface area contributed by atoms with Gasteiger partial charge in [0.1, 0.15) is 5.41 Å². The number of hydrogen-bond acceptors (Lipinski definition) is 6. The second kappa shape index (κ2) is 6.32. The fraction of sp³-hybridized carbons (Fsp3) is 0.706. The first-order valence-corrected chi connectivity index (χ1v) is 9.82. The van der Waals surface area contributed by atoms with E-state index in [-0.39, 0.29) is 11.8 Å². The molecule has 4 aliphatic rings. The number of aliphatic imine (C=N–C) groups is 1. The van der Waals surface area contributed by atoms with E-state index in [1.165, 1.54) is 0 Å². The van der Waals surface area contributed by atoms with Crippen molar-refractivity contribution in [3.05, 3.63) is 11.1 Å². The van der Waals surface area contributed by atoms with Crippen molar-refractivity contribution in [3.63, 3.8) is 0 Å². The van der Waals surface area contributed by atoms with Crippen molar-refractivity contribution in [1.29, 1.82) is 0 Å². The summed E-state index contributed by atoms with van der Waals surface area (Å²) < 4.78 is 0. The van der Waals surface area contributed by atoms with Crippen LogP contribution in [0.1, 0.15) is 19.8 Å². The summed E-state index contributed by atoms with van der Waals surface area (Å²) in [5, 5.41) is 12.9. The van der Waals surface area contributed by atoms with E-state index < -0.39 is 11.4 Å². The van der Waals surface area contributed by atoms with Crippen molar-refractivity contribution in [3.8, 4) is 0 Å². The molecule has 0 aromatic heterocycles. The van der Waals surface area contributed by atoms with E-state index >= 15 is 0 Å². The molecule has 0 unspecified atom stereocenters. The maximum Gasteiger partial charge on any atom is 0.313 e. The van der Waals surface area contributed by atoms with E-state index in [0.29, 0.717) is 26.1 Å². The molecule has 0 bridgehead atoms. The van der Waals surface area contributed by atoms with Crippen LogP contribution in [-0.2, 0) is 9.59 Å². The van der Waals surface area contributed by atoms with Gasteiger partial charge in [-0.15, -0.1) is 0 Å². The molecule has 2 fully saturated rings. The molecule has 4 aliphatic heterocycles. The SMILES string of the molecule is CCCN1C[C@H]2CN(C(=O)CC3=CSC4=NCCN34)C[C@@]2(C(=O)O)C1. The van der Waals surface area contributed by atoms with Crippen LogP contribution in [0.25, 0.3) is 0 Å². The molecule has 2 atom stereocenters. The lowest BCUT2D eigenvalue weighted by atomic mass is 9.81. The van der Waals surface area contributed by atoms with Gasteiger partial charge in [0.05, 0.1) is 13.0 Å². The Balaban J connectivity index is 1.42. The highest BCUT2D eigenvalue weighted by atomic mass is 32.2. The number of nitrogens with zero attached hydrogens (tertiary/aromatic N) is 4. The average molecular weight is 364 g/mol. The minimum Gasteiger partial charge on any atom is -0.481 e. The standard InChI is InChI=1S/C17H24N4O3S/c1-2-4-19-7-12-8-20(11-17(12,10-19)15(23)24)14(22)6-13-9-25-16-18-3-5-21(13)16/h9,12H,2-8,10-11H2,1H3,(H,23,24)/t12-,17-/m0/s1. The number of thioether (sulfide) groups is 1. The third kappa shape index (κ3) is 2.75. The molecule has 4 heterocycles. The molecule has 1 amide bonds. The normalized spacial score (nSPS) is 31.2. The summed E-state index contributed by atoms with van der Waals surface area (Å²) in [6.45, 7) is 6.92. The lowest BCUT2D eigenvalue weighted by molar-refractivity contribution is -0.149. The Morgan fingerprint density at radius 3 is 2.96 bits per heavy atom. The van der Waals surface area contributed by atoms with Crippen molar-refractivity contribution in [1.82, 2.24) is 14.7 Å². The fourth-order valence-corrected chi connectivity index (χ4v) is 5.48. The highest BCUT2D eigenvalue weighted by molar-refractivity contribution is 8.16. The Morgan fingerprint density at radius 2 is 2.24 bits per heavy atom. The number of rotatable bonds is 5. The maximum atomic E-state index is 12.8. The van der Waals surface area contributed by atoms with Crippen LogP contribution in [0.5, 0.6) is 0 Å². The van der Waals surface area contributed by atoms with Crippen LogP contribution in [0, 0.1) is 11.3 Å². The van der Waals surface area contributed by atoms with Crippen molar-refractivity contribution in [2.45, 2.75) is 19.8 Å². The highest BCUT2D eigenvalue weighted by Crippen LogP contribution is 2.43. The first-order chi connectivity index (χ1) is 12.0. The van der Waals surface area contributed by atoms with Gasteiger partial charge in [-0.3, -0.25) is 14.6 Å². The van der Waals surface area contributed by atoms with Crippen molar-refractivity contribution < 1.29 is 14.7 Å². The zero-order valence-corrected chi connectivity index (χ0v) is 15.3. The Kier molecular flexibility index (Phi) is 4.27. The topological polar surface area (TPSA) is 76.5 Å². The summed E-state index contributed by atoms with van der Waals surface area (Å²) in [5.74, 6) is -0.676. The maximum absolute atomic E-state index is 12.8. The first kappa shape index (κ1) is 16.9. The number of amides is 1. The van der Waals surface area contributed by atoms with E-state index in [9.17, 15) is 14.7 Å². The third-order valence-corrected chi connectivity index (χ3v) is 6.73. The number of carboxylic acid groups (broad SMARTS) is 1. The predicted octanol–water partition coefficient (Wildman–Crippen LogP) is 0.891. The van der Waals surface area contributed by atoms with Gasteiger partial charge < -0.3 is 19.8 Å². The average Bonchev–Trinajstić information content (AvgIpc) is 3.27. The lowest BCUT2D eigenvalue weighted by Gasteiger charge is -2.26. The second-order valence-electron chi connectivity index (χ2n) is 7.39. The van der Waals surface area contributed by atoms with Crippen molar-refractivity contribution >= 4 is 28.8 Å². The smallest absolute Gasteiger partial charge is 0.313 e. The molecule has 0 aliphatic carbocycles. The van der Waals surface area contributed by atoms with Crippen LogP contribution in [0.3, 0.4) is 0 Å². The van der Waals surface area contributed by atoms with Gasteiger partial charge >= 0.3 is 5.97 Å². The second-order valence-corrected chi connectivity index (χ2v) is 8.22. The first-order valence-electron chi connectivity index (χ1n) is 8.94. The lowest BCUT2D eigenvalue weighted by Crippen LogP contribution is -2.42. The molecule has 0 spiro atoms. The molecule has 0 radical (unpaired) electrons. The third-order valence-electron chi connectivity index (χ3n) is 5.78. The summed E-state index contributed by atoms with van der Waals surface area (Å²) in [5.41, 5.74) is 0.212. The summed E-state index contributed by atoms with van der Waals surface area (Å²) in [6.07, 6.45) is 1.36. The predicted molar refractivity (Wildman–Crippen MR) is 96.2 cm³/mol. The van der Waals surface area contributed by atoms with Crippen LogP contribution >= 0.6 is 11.8 Å². The van der Waals surface area contributed by atoms with Crippen molar-refractivity contribution in [2.75, 3.05) is 45.8 Å². The van der Waals surface area contributed by atoms with E-state index in [0.717, 1.165) is 43.5 Å². The van der Waals surface area contributed by atoms with Gasteiger partial charge in [-0.1, -0.05) is 18.7 Å². The van der Waals surface area contributed by atoms with E-state index in [2.05, 4.69) is 21.7 Å². The number of hydrogen-bond donors (Lipinski definition) is 1. The number of fused-ring (bicyclic) bond motifs is 2. The van der Waals surface area contributed by atoms with Gasteiger partial charge in [0.2, 0.25) is 5.91 Å². The molecule has 136 valence electrons. The number of carboxylic acids is 1. The summed E-state index contributed by atoms with van der Waals surface area (Å²) in [4.78, 5) is 35.3. The monoisotopic (exact) mass is 364 g/mol. The van der Waals surface area contributed by atoms with Gasteiger partial charge in [-0.25, -0.2) is 0 Å². The molecular weight excluding hydrogens is 340 g/mol. The highest BCUT2D eigenvalue weighted by Gasteiger charge is 2.58. The summed E-state index contributed by atoms with van der Waals surface area (Å²) >= 11 is 1.57. The Morgan fingerprint density at radius 1 is 1.40 bits per heavy atom. The molecule has 0 aromatic rings. The molecule has 1 N–H and O–H groups in total. The molecule has 4 rings (SSSR count). The molecule has 25 heavy (non-hydrogen) atoms. The van der Waals surface area contributed by atoms with Gasteiger partial charge in [0.25, 0.3) is 0 Å². The van der Waals surface area contributed by atoms with Crippen LogP contribution in [0.4, 0.5) is 0 Å². The number of aliphatic carboxylic acids is 1. The Labute approximate surface area is 151 Å². The minimum atomic E-state index is -0.788. The van der Waals surface area contributed by atoms with Crippen LogP contribution in [0.15, 0.2) is 16.1 Å². The van der Waals surface area contributed by atoms with Gasteiger partial charge in [0, 0.05) is 44.3 Å². The Hall–Kier alpha value is -1.54.